The van der Waals surface area contributed by atoms with Crippen LogP contribution >= 0.6 is 0 Å². The molecule has 0 spiro atoms. The summed E-state index contributed by atoms with van der Waals surface area (Å²) in [4.78, 5) is 22.9. The number of nitrogens with one attached hydrogen (secondary N) is 2. The first kappa shape index (κ1) is 17.0. The number of hydrogen-bond acceptors (Lipinski definition) is 3. The molecular weight excluding hydrogens is 256 g/mol. The fourth-order valence-electron chi connectivity index (χ4n) is 2.73. The number of rotatable bonds is 6. The van der Waals surface area contributed by atoms with Gasteiger partial charge in [-0.3, -0.25) is 9.59 Å². The summed E-state index contributed by atoms with van der Waals surface area (Å²) in [5, 5.41) is 15.1. The van der Waals surface area contributed by atoms with E-state index < -0.39 is 5.97 Å². The molecule has 5 heteroatoms. The lowest BCUT2D eigenvalue weighted by Gasteiger charge is -2.36. The van der Waals surface area contributed by atoms with Gasteiger partial charge in [-0.25, -0.2) is 0 Å². The van der Waals surface area contributed by atoms with Crippen molar-refractivity contribution in [3.05, 3.63) is 0 Å². The zero-order valence-corrected chi connectivity index (χ0v) is 12.9. The van der Waals surface area contributed by atoms with E-state index in [1.807, 2.05) is 20.8 Å². The number of carboxylic acid groups (broad SMARTS) is 1. The first-order valence-electron chi connectivity index (χ1n) is 7.46. The second kappa shape index (κ2) is 7.07. The van der Waals surface area contributed by atoms with Crippen LogP contribution < -0.4 is 10.6 Å². The van der Waals surface area contributed by atoms with Gasteiger partial charge in [0.1, 0.15) is 0 Å². The van der Waals surface area contributed by atoms with E-state index in [-0.39, 0.29) is 29.8 Å². The van der Waals surface area contributed by atoms with E-state index in [0.717, 1.165) is 25.7 Å². The van der Waals surface area contributed by atoms with Crippen molar-refractivity contribution in [1.82, 2.24) is 10.6 Å². The summed E-state index contributed by atoms with van der Waals surface area (Å²) in [5.41, 5.74) is -0.345. The van der Waals surface area contributed by atoms with Gasteiger partial charge in [-0.05, 0) is 39.0 Å². The molecule has 5 nitrogen and oxygen atoms in total. The molecule has 1 saturated carbocycles. The highest BCUT2D eigenvalue weighted by Gasteiger charge is 2.34. The molecule has 1 fully saturated rings. The number of carbonyl (C=O) groups excluding carboxylic acids is 1. The molecule has 1 rings (SSSR count). The van der Waals surface area contributed by atoms with Crippen molar-refractivity contribution in [3.63, 3.8) is 0 Å². The molecular formula is C15H28N2O3. The first-order valence-corrected chi connectivity index (χ1v) is 7.46. The molecule has 0 aromatic heterocycles. The molecule has 0 aromatic carbocycles. The fourth-order valence-corrected chi connectivity index (χ4v) is 2.73. The largest absolute Gasteiger partial charge is 0.481 e. The third-order valence-corrected chi connectivity index (χ3v) is 3.88. The average molecular weight is 284 g/mol. The van der Waals surface area contributed by atoms with Crippen molar-refractivity contribution < 1.29 is 14.7 Å². The van der Waals surface area contributed by atoms with Crippen LogP contribution in [0.4, 0.5) is 0 Å². The normalized spacial score (nSPS) is 18.6. The van der Waals surface area contributed by atoms with E-state index in [2.05, 4.69) is 10.6 Å². The molecule has 0 atom stereocenters. The molecule has 0 heterocycles. The Hall–Kier alpha value is -1.10. The van der Waals surface area contributed by atoms with Crippen molar-refractivity contribution >= 4 is 11.9 Å². The summed E-state index contributed by atoms with van der Waals surface area (Å²) in [6.07, 6.45) is 5.23. The zero-order valence-electron chi connectivity index (χ0n) is 12.9. The van der Waals surface area contributed by atoms with Gasteiger partial charge in [-0.2, -0.15) is 0 Å². The van der Waals surface area contributed by atoms with Crippen molar-refractivity contribution in [2.75, 3.05) is 13.1 Å². The van der Waals surface area contributed by atoms with Crippen LogP contribution in [0.1, 0.15) is 59.3 Å². The Bertz CT molecular complexity index is 342. The third-order valence-electron chi connectivity index (χ3n) is 3.88. The Kier molecular flexibility index (Phi) is 5.99. The van der Waals surface area contributed by atoms with E-state index in [0.29, 0.717) is 6.54 Å². The second-order valence-corrected chi connectivity index (χ2v) is 7.01. The highest BCUT2D eigenvalue weighted by atomic mass is 16.4. The highest BCUT2D eigenvalue weighted by molar-refractivity contribution is 5.78. The van der Waals surface area contributed by atoms with E-state index in [9.17, 15) is 9.59 Å². The second-order valence-electron chi connectivity index (χ2n) is 7.01. The maximum atomic E-state index is 11.8. The van der Waals surface area contributed by atoms with Gasteiger partial charge in [0.05, 0.1) is 13.0 Å². The maximum Gasteiger partial charge on any atom is 0.303 e. The SMILES string of the molecule is CC(C)(C)NCC(=O)NCC1(CC(=O)O)CCCCC1. The number of carbonyl (C=O) groups is 2. The minimum Gasteiger partial charge on any atom is -0.481 e. The third kappa shape index (κ3) is 6.37. The molecule has 116 valence electrons. The van der Waals surface area contributed by atoms with Gasteiger partial charge in [0.25, 0.3) is 0 Å². The van der Waals surface area contributed by atoms with Crippen LogP contribution in [0, 0.1) is 5.41 Å². The van der Waals surface area contributed by atoms with E-state index in [1.54, 1.807) is 0 Å². The average Bonchev–Trinajstić information content (AvgIpc) is 2.33. The number of hydrogen-bond donors (Lipinski definition) is 3. The molecule has 20 heavy (non-hydrogen) atoms. The number of aliphatic carboxylic acids is 1. The van der Waals surface area contributed by atoms with Crippen LogP contribution in [-0.4, -0.2) is 35.6 Å². The topological polar surface area (TPSA) is 78.4 Å². The Balaban J connectivity index is 2.45. The molecule has 1 aliphatic rings. The number of carboxylic acids is 1. The predicted molar refractivity (Wildman–Crippen MR) is 78.5 cm³/mol. The van der Waals surface area contributed by atoms with E-state index >= 15 is 0 Å². The van der Waals surface area contributed by atoms with Gasteiger partial charge in [0.15, 0.2) is 0 Å². The van der Waals surface area contributed by atoms with Crippen molar-refractivity contribution in [1.29, 1.82) is 0 Å². The van der Waals surface area contributed by atoms with Gasteiger partial charge in [0.2, 0.25) is 5.91 Å². The maximum absolute atomic E-state index is 11.8. The van der Waals surface area contributed by atoms with Crippen LogP contribution in [0.5, 0.6) is 0 Å². The minimum absolute atomic E-state index is 0.0599. The molecule has 1 amide bonds. The Morgan fingerprint density at radius 2 is 1.75 bits per heavy atom. The first-order chi connectivity index (χ1) is 9.22. The fraction of sp³-hybridized carbons (Fsp3) is 0.867. The molecule has 0 aromatic rings. The molecule has 3 N–H and O–H groups in total. The molecule has 0 saturated heterocycles. The zero-order chi connectivity index (χ0) is 15.2. The van der Waals surface area contributed by atoms with Gasteiger partial charge >= 0.3 is 5.97 Å². The number of amides is 1. The molecule has 0 bridgehead atoms. The lowest BCUT2D eigenvalue weighted by molar-refractivity contribution is -0.140. The Labute approximate surface area is 121 Å². The van der Waals surface area contributed by atoms with Crippen LogP contribution in [-0.2, 0) is 9.59 Å². The summed E-state index contributed by atoms with van der Waals surface area (Å²) in [5.74, 6) is -0.829. The van der Waals surface area contributed by atoms with Gasteiger partial charge in [0, 0.05) is 12.1 Å². The lowest BCUT2D eigenvalue weighted by Crippen LogP contribution is -2.46. The molecule has 0 radical (unpaired) electrons. The van der Waals surface area contributed by atoms with Crippen molar-refractivity contribution in [3.8, 4) is 0 Å². The predicted octanol–water partition coefficient (Wildman–Crippen LogP) is 1.92. The van der Waals surface area contributed by atoms with E-state index in [4.69, 9.17) is 5.11 Å². The summed E-state index contributed by atoms with van der Waals surface area (Å²) in [6.45, 7) is 6.77. The van der Waals surface area contributed by atoms with Gasteiger partial charge in [-0.15, -0.1) is 0 Å². The van der Waals surface area contributed by atoms with Crippen LogP contribution in [0.3, 0.4) is 0 Å². The quantitative estimate of drug-likeness (QED) is 0.696. The van der Waals surface area contributed by atoms with E-state index in [1.165, 1.54) is 6.42 Å². The van der Waals surface area contributed by atoms with Crippen LogP contribution in [0.2, 0.25) is 0 Å². The van der Waals surface area contributed by atoms with Crippen molar-refractivity contribution in [2.45, 2.75) is 64.8 Å². The summed E-state index contributed by atoms with van der Waals surface area (Å²) >= 11 is 0. The highest BCUT2D eigenvalue weighted by Crippen LogP contribution is 2.38. The summed E-state index contributed by atoms with van der Waals surface area (Å²) in [6, 6.07) is 0. The van der Waals surface area contributed by atoms with Gasteiger partial charge in [-0.1, -0.05) is 19.3 Å². The molecule has 0 unspecified atom stereocenters. The minimum atomic E-state index is -0.769. The summed E-state index contributed by atoms with van der Waals surface area (Å²) in [7, 11) is 0. The molecule has 0 aliphatic heterocycles. The van der Waals surface area contributed by atoms with Crippen molar-refractivity contribution in [2.24, 2.45) is 5.41 Å². The van der Waals surface area contributed by atoms with Crippen LogP contribution in [0.15, 0.2) is 0 Å². The monoisotopic (exact) mass is 284 g/mol. The van der Waals surface area contributed by atoms with Crippen LogP contribution in [0.25, 0.3) is 0 Å². The van der Waals surface area contributed by atoms with Gasteiger partial charge < -0.3 is 15.7 Å². The molecule has 1 aliphatic carbocycles. The Morgan fingerprint density at radius 3 is 2.25 bits per heavy atom. The smallest absolute Gasteiger partial charge is 0.303 e. The summed E-state index contributed by atoms with van der Waals surface area (Å²) < 4.78 is 0. The lowest BCUT2D eigenvalue weighted by atomic mass is 9.71. The Morgan fingerprint density at radius 1 is 1.15 bits per heavy atom. The standard InChI is InChI=1S/C15H28N2O3/c1-14(2,3)17-10-12(18)16-11-15(9-13(19)20)7-5-4-6-8-15/h17H,4-11H2,1-3H3,(H,16,18)(H,19,20).